The Morgan fingerprint density at radius 1 is 1.29 bits per heavy atom. The summed E-state index contributed by atoms with van der Waals surface area (Å²) in [5.74, 6) is 0. The fourth-order valence-electron chi connectivity index (χ4n) is 2.22. The van der Waals surface area contributed by atoms with E-state index in [-0.39, 0.29) is 6.61 Å². The van der Waals surface area contributed by atoms with Gasteiger partial charge >= 0.3 is 0 Å². The number of hydrogen-bond donors (Lipinski definition) is 2. The molecule has 17 heavy (non-hydrogen) atoms. The molecule has 2 aromatic rings. The lowest BCUT2D eigenvalue weighted by molar-refractivity contribution is 0.299. The monoisotopic (exact) mass is 230 g/mol. The molecule has 0 aliphatic carbocycles. The number of aryl methyl sites for hydroxylation is 3. The molecule has 0 spiro atoms. The van der Waals surface area contributed by atoms with Crippen LogP contribution in [0.1, 0.15) is 22.5 Å². The highest BCUT2D eigenvalue weighted by Crippen LogP contribution is 2.27. The van der Waals surface area contributed by atoms with E-state index in [2.05, 4.69) is 29.9 Å². The molecule has 2 rings (SSSR count). The van der Waals surface area contributed by atoms with Gasteiger partial charge in [-0.05, 0) is 50.5 Å². The molecule has 0 aliphatic rings. The van der Waals surface area contributed by atoms with Gasteiger partial charge < -0.3 is 10.1 Å². The van der Waals surface area contributed by atoms with E-state index in [1.165, 1.54) is 5.56 Å². The number of nitrogens with zero attached hydrogens (tertiary/aromatic N) is 1. The van der Waals surface area contributed by atoms with Crippen LogP contribution in [0.2, 0.25) is 0 Å². The highest BCUT2D eigenvalue weighted by molar-refractivity contribution is 5.67. The molecule has 0 bridgehead atoms. The molecular formula is C14H18N2O. The molecule has 0 saturated heterocycles. The first-order valence-electron chi connectivity index (χ1n) is 5.85. The molecule has 0 radical (unpaired) electrons. The zero-order valence-electron chi connectivity index (χ0n) is 10.5. The minimum absolute atomic E-state index is 0.155. The highest BCUT2D eigenvalue weighted by Gasteiger charge is 2.12. The lowest BCUT2D eigenvalue weighted by Gasteiger charge is -2.10. The number of aromatic nitrogens is 2. The molecule has 0 fully saturated rings. The van der Waals surface area contributed by atoms with Crippen LogP contribution in [0.15, 0.2) is 18.3 Å². The van der Waals surface area contributed by atoms with Crippen LogP contribution in [-0.4, -0.2) is 21.7 Å². The van der Waals surface area contributed by atoms with Gasteiger partial charge in [-0.1, -0.05) is 0 Å². The molecular weight excluding hydrogens is 212 g/mol. The van der Waals surface area contributed by atoms with Crippen molar-refractivity contribution in [2.24, 2.45) is 0 Å². The zero-order valence-corrected chi connectivity index (χ0v) is 10.5. The van der Waals surface area contributed by atoms with E-state index in [9.17, 15) is 0 Å². The number of nitrogens with one attached hydrogen (secondary N) is 1. The molecule has 0 atom stereocenters. The smallest absolute Gasteiger partial charge is 0.0755 e. The van der Waals surface area contributed by atoms with E-state index in [0.29, 0.717) is 6.42 Å². The maximum absolute atomic E-state index is 9.15. The summed E-state index contributed by atoms with van der Waals surface area (Å²) < 4.78 is 0. The third-order valence-corrected chi connectivity index (χ3v) is 3.06. The SMILES string of the molecule is Cc1cc(-c2nccc(C)c2CCO)c(C)[nH]1. The predicted octanol–water partition coefficient (Wildman–Crippen LogP) is 2.54. The quantitative estimate of drug-likeness (QED) is 0.851. The van der Waals surface area contributed by atoms with Gasteiger partial charge in [-0.2, -0.15) is 0 Å². The molecule has 2 heterocycles. The summed E-state index contributed by atoms with van der Waals surface area (Å²) in [7, 11) is 0. The lowest BCUT2D eigenvalue weighted by atomic mass is 10.00. The molecule has 0 saturated carbocycles. The van der Waals surface area contributed by atoms with Gasteiger partial charge in [-0.3, -0.25) is 4.98 Å². The second-order valence-electron chi connectivity index (χ2n) is 4.42. The van der Waals surface area contributed by atoms with Gasteiger partial charge in [0, 0.05) is 29.8 Å². The summed E-state index contributed by atoms with van der Waals surface area (Å²) in [6.45, 7) is 6.31. The van der Waals surface area contributed by atoms with Crippen LogP contribution in [0, 0.1) is 20.8 Å². The Morgan fingerprint density at radius 2 is 2.06 bits per heavy atom. The Hall–Kier alpha value is -1.61. The van der Waals surface area contributed by atoms with Gasteiger partial charge in [0.05, 0.1) is 5.69 Å². The second kappa shape index (κ2) is 4.72. The number of aliphatic hydroxyl groups is 1. The van der Waals surface area contributed by atoms with Gasteiger partial charge in [0.2, 0.25) is 0 Å². The number of rotatable bonds is 3. The lowest BCUT2D eigenvalue weighted by Crippen LogP contribution is -2.00. The first-order chi connectivity index (χ1) is 8.13. The van der Waals surface area contributed by atoms with E-state index < -0.39 is 0 Å². The Balaban J connectivity index is 2.58. The molecule has 0 amide bonds. The molecule has 90 valence electrons. The van der Waals surface area contributed by atoms with Gasteiger partial charge in [0.15, 0.2) is 0 Å². The van der Waals surface area contributed by atoms with Crippen molar-refractivity contribution in [1.29, 1.82) is 0 Å². The van der Waals surface area contributed by atoms with Crippen molar-refractivity contribution in [1.82, 2.24) is 9.97 Å². The number of pyridine rings is 1. The Kier molecular flexibility index (Phi) is 3.29. The van der Waals surface area contributed by atoms with Crippen molar-refractivity contribution in [3.05, 3.63) is 40.8 Å². The Bertz CT molecular complexity index is 529. The molecule has 2 N–H and O–H groups in total. The average Bonchev–Trinajstić information content (AvgIpc) is 2.61. The summed E-state index contributed by atoms with van der Waals surface area (Å²) >= 11 is 0. The van der Waals surface area contributed by atoms with Gasteiger partial charge in [-0.25, -0.2) is 0 Å². The first kappa shape index (κ1) is 11.9. The van der Waals surface area contributed by atoms with Crippen LogP contribution < -0.4 is 0 Å². The van der Waals surface area contributed by atoms with Crippen molar-refractivity contribution < 1.29 is 5.11 Å². The van der Waals surface area contributed by atoms with Crippen molar-refractivity contribution >= 4 is 0 Å². The van der Waals surface area contributed by atoms with Gasteiger partial charge in [0.25, 0.3) is 0 Å². The standard InChI is InChI=1S/C14H18N2O/c1-9-4-6-15-14(12(9)5-7-17)13-8-10(2)16-11(13)3/h4,6,8,16-17H,5,7H2,1-3H3. The summed E-state index contributed by atoms with van der Waals surface area (Å²) in [6, 6.07) is 4.10. The molecule has 3 nitrogen and oxygen atoms in total. The topological polar surface area (TPSA) is 48.9 Å². The van der Waals surface area contributed by atoms with Crippen LogP contribution in [0.4, 0.5) is 0 Å². The van der Waals surface area contributed by atoms with Gasteiger partial charge in [-0.15, -0.1) is 0 Å². The maximum atomic E-state index is 9.15. The number of H-pyrrole nitrogens is 1. The molecule has 2 aromatic heterocycles. The third kappa shape index (κ3) is 2.24. The molecule has 3 heteroatoms. The first-order valence-corrected chi connectivity index (χ1v) is 5.85. The summed E-state index contributed by atoms with van der Waals surface area (Å²) in [4.78, 5) is 7.76. The summed E-state index contributed by atoms with van der Waals surface area (Å²) in [5.41, 5.74) is 6.70. The van der Waals surface area contributed by atoms with Gasteiger partial charge in [0.1, 0.15) is 0 Å². The number of aromatic amines is 1. The summed E-state index contributed by atoms with van der Waals surface area (Å²) in [6.07, 6.45) is 2.48. The summed E-state index contributed by atoms with van der Waals surface area (Å²) in [5, 5.41) is 9.15. The number of aliphatic hydroxyl groups excluding tert-OH is 1. The molecule has 0 unspecified atom stereocenters. The number of hydrogen-bond acceptors (Lipinski definition) is 2. The highest BCUT2D eigenvalue weighted by atomic mass is 16.2. The van der Waals surface area contributed by atoms with E-state index in [0.717, 1.165) is 28.2 Å². The Morgan fingerprint density at radius 3 is 2.65 bits per heavy atom. The minimum atomic E-state index is 0.155. The third-order valence-electron chi connectivity index (χ3n) is 3.06. The van der Waals surface area contributed by atoms with E-state index in [1.54, 1.807) is 0 Å². The largest absolute Gasteiger partial charge is 0.396 e. The van der Waals surface area contributed by atoms with Crippen molar-refractivity contribution in [2.45, 2.75) is 27.2 Å². The van der Waals surface area contributed by atoms with Crippen LogP contribution in [0.25, 0.3) is 11.3 Å². The van der Waals surface area contributed by atoms with Crippen LogP contribution in [0.5, 0.6) is 0 Å². The van der Waals surface area contributed by atoms with Crippen LogP contribution in [-0.2, 0) is 6.42 Å². The van der Waals surface area contributed by atoms with Crippen molar-refractivity contribution in [3.63, 3.8) is 0 Å². The Labute approximate surface area is 102 Å². The van der Waals surface area contributed by atoms with Crippen molar-refractivity contribution in [3.8, 4) is 11.3 Å². The second-order valence-corrected chi connectivity index (χ2v) is 4.42. The molecule has 0 aromatic carbocycles. The minimum Gasteiger partial charge on any atom is -0.396 e. The van der Waals surface area contributed by atoms with Crippen LogP contribution in [0.3, 0.4) is 0 Å². The average molecular weight is 230 g/mol. The normalized spacial score (nSPS) is 10.8. The van der Waals surface area contributed by atoms with E-state index >= 15 is 0 Å². The van der Waals surface area contributed by atoms with E-state index in [1.807, 2.05) is 19.2 Å². The van der Waals surface area contributed by atoms with E-state index in [4.69, 9.17) is 5.11 Å². The fourth-order valence-corrected chi connectivity index (χ4v) is 2.22. The maximum Gasteiger partial charge on any atom is 0.0755 e. The molecule has 0 aliphatic heterocycles. The predicted molar refractivity (Wildman–Crippen MR) is 69.0 cm³/mol. The van der Waals surface area contributed by atoms with Crippen LogP contribution >= 0.6 is 0 Å². The zero-order chi connectivity index (χ0) is 12.4. The van der Waals surface area contributed by atoms with Crippen molar-refractivity contribution in [2.75, 3.05) is 6.61 Å². The fraction of sp³-hybridized carbons (Fsp3) is 0.357.